The van der Waals surface area contributed by atoms with E-state index in [9.17, 15) is 9.59 Å². The molecule has 0 bridgehead atoms. The number of amides is 1. The van der Waals surface area contributed by atoms with E-state index in [1.165, 1.54) is 0 Å². The number of carbonyl (C=O) groups excluding carboxylic acids is 2. The third kappa shape index (κ3) is 4.83. The maximum atomic E-state index is 12.0. The molecule has 0 aliphatic heterocycles. The molecule has 1 N–H and O–H groups in total. The molecule has 5 heteroatoms. The Morgan fingerprint density at radius 2 is 1.87 bits per heavy atom. The van der Waals surface area contributed by atoms with Crippen LogP contribution in [0.25, 0.3) is 0 Å². The van der Waals surface area contributed by atoms with Crippen molar-refractivity contribution in [2.45, 2.75) is 20.4 Å². The molecule has 0 unspecified atom stereocenters. The van der Waals surface area contributed by atoms with Crippen LogP contribution in [0.4, 0.5) is 0 Å². The highest BCUT2D eigenvalue weighted by molar-refractivity contribution is 6.30. The molecule has 2 aromatic carbocycles. The number of ether oxygens (including phenoxy) is 1. The number of benzene rings is 2. The molecule has 0 radical (unpaired) electrons. The molecule has 0 saturated carbocycles. The quantitative estimate of drug-likeness (QED) is 0.854. The van der Waals surface area contributed by atoms with Gasteiger partial charge in [-0.2, -0.15) is 0 Å². The summed E-state index contributed by atoms with van der Waals surface area (Å²) in [5, 5.41) is 3.29. The molecule has 2 aromatic rings. The van der Waals surface area contributed by atoms with Crippen molar-refractivity contribution in [3.63, 3.8) is 0 Å². The third-order valence-corrected chi connectivity index (χ3v) is 3.77. The first-order chi connectivity index (χ1) is 11.0. The van der Waals surface area contributed by atoms with Crippen LogP contribution >= 0.6 is 11.6 Å². The molecule has 0 aliphatic carbocycles. The molecule has 0 heterocycles. The molecule has 0 fully saturated rings. The molecule has 23 heavy (non-hydrogen) atoms. The molecule has 4 nitrogen and oxygen atoms in total. The van der Waals surface area contributed by atoms with E-state index in [-0.39, 0.29) is 12.5 Å². The van der Waals surface area contributed by atoms with Gasteiger partial charge in [0.25, 0.3) is 5.91 Å². The Morgan fingerprint density at radius 3 is 2.61 bits per heavy atom. The first-order valence-corrected chi connectivity index (χ1v) is 7.59. The van der Waals surface area contributed by atoms with Gasteiger partial charge in [0.15, 0.2) is 6.61 Å². The Kier molecular flexibility index (Phi) is 5.77. The Morgan fingerprint density at radius 1 is 1.13 bits per heavy atom. The molecular weight excluding hydrogens is 314 g/mol. The SMILES string of the molecule is Cc1cccc(C(=O)OCC(=O)NCc2cccc(Cl)c2)c1C. The normalized spacial score (nSPS) is 10.2. The number of hydrogen-bond donors (Lipinski definition) is 1. The topological polar surface area (TPSA) is 55.4 Å². The summed E-state index contributed by atoms with van der Waals surface area (Å²) in [6, 6.07) is 12.6. The highest BCUT2D eigenvalue weighted by Crippen LogP contribution is 2.14. The van der Waals surface area contributed by atoms with E-state index >= 15 is 0 Å². The van der Waals surface area contributed by atoms with Gasteiger partial charge in [0.05, 0.1) is 5.56 Å². The molecule has 0 saturated heterocycles. The minimum absolute atomic E-state index is 0.313. The second kappa shape index (κ2) is 7.79. The van der Waals surface area contributed by atoms with Crippen molar-refractivity contribution in [2.75, 3.05) is 6.61 Å². The molecule has 2 rings (SSSR count). The summed E-state index contributed by atoms with van der Waals surface area (Å²) < 4.78 is 5.06. The molecule has 0 atom stereocenters. The Labute approximate surface area is 140 Å². The standard InChI is InChI=1S/C18H18ClNO3/c1-12-5-3-8-16(13(12)2)18(22)23-11-17(21)20-10-14-6-4-7-15(19)9-14/h3-9H,10-11H2,1-2H3,(H,20,21). The number of aryl methyl sites for hydroxylation is 1. The van der Waals surface area contributed by atoms with Gasteiger partial charge in [-0.05, 0) is 48.7 Å². The molecular formula is C18H18ClNO3. The van der Waals surface area contributed by atoms with E-state index in [4.69, 9.17) is 16.3 Å². The van der Waals surface area contributed by atoms with Crippen LogP contribution in [0.3, 0.4) is 0 Å². The van der Waals surface area contributed by atoms with Crippen molar-refractivity contribution in [2.24, 2.45) is 0 Å². The summed E-state index contributed by atoms with van der Waals surface area (Å²) in [5.74, 6) is -0.854. The fourth-order valence-electron chi connectivity index (χ4n) is 2.08. The van der Waals surface area contributed by atoms with E-state index < -0.39 is 5.97 Å². The summed E-state index contributed by atoms with van der Waals surface area (Å²) in [6.45, 7) is 3.79. The zero-order valence-electron chi connectivity index (χ0n) is 13.1. The summed E-state index contributed by atoms with van der Waals surface area (Å²) in [7, 11) is 0. The molecule has 120 valence electrons. The van der Waals surface area contributed by atoms with Crippen LogP contribution < -0.4 is 5.32 Å². The molecule has 0 aliphatic rings. The van der Waals surface area contributed by atoms with Gasteiger partial charge in [0.2, 0.25) is 0 Å². The van der Waals surface area contributed by atoms with Gasteiger partial charge < -0.3 is 10.1 Å². The van der Waals surface area contributed by atoms with Gasteiger partial charge in [0, 0.05) is 11.6 Å². The summed E-state index contributed by atoms with van der Waals surface area (Å²) in [5.41, 5.74) is 3.22. The van der Waals surface area contributed by atoms with Crippen LogP contribution in [-0.2, 0) is 16.1 Å². The van der Waals surface area contributed by atoms with Crippen molar-refractivity contribution in [1.82, 2.24) is 5.32 Å². The number of halogens is 1. The highest BCUT2D eigenvalue weighted by atomic mass is 35.5. The van der Waals surface area contributed by atoms with E-state index in [0.717, 1.165) is 16.7 Å². The maximum absolute atomic E-state index is 12.0. The van der Waals surface area contributed by atoms with Crippen LogP contribution in [0.15, 0.2) is 42.5 Å². The van der Waals surface area contributed by atoms with Gasteiger partial charge in [-0.15, -0.1) is 0 Å². The molecule has 0 aromatic heterocycles. The lowest BCUT2D eigenvalue weighted by molar-refractivity contribution is -0.124. The van der Waals surface area contributed by atoms with Crippen LogP contribution in [0.2, 0.25) is 5.02 Å². The molecule has 1 amide bonds. The predicted molar refractivity (Wildman–Crippen MR) is 89.5 cm³/mol. The van der Waals surface area contributed by atoms with Crippen LogP contribution in [-0.4, -0.2) is 18.5 Å². The Hall–Kier alpha value is -2.33. The number of esters is 1. The van der Waals surface area contributed by atoms with Crippen molar-refractivity contribution in [3.05, 3.63) is 69.7 Å². The van der Waals surface area contributed by atoms with Crippen molar-refractivity contribution in [1.29, 1.82) is 0 Å². The highest BCUT2D eigenvalue weighted by Gasteiger charge is 2.13. The minimum Gasteiger partial charge on any atom is -0.452 e. The fraction of sp³-hybridized carbons (Fsp3) is 0.222. The largest absolute Gasteiger partial charge is 0.452 e. The molecule has 0 spiro atoms. The third-order valence-electron chi connectivity index (χ3n) is 3.54. The lowest BCUT2D eigenvalue weighted by Crippen LogP contribution is -2.28. The van der Waals surface area contributed by atoms with Crippen LogP contribution in [0.5, 0.6) is 0 Å². The fourth-order valence-corrected chi connectivity index (χ4v) is 2.29. The Balaban J connectivity index is 1.84. The average Bonchev–Trinajstić information content (AvgIpc) is 2.53. The van der Waals surface area contributed by atoms with Crippen LogP contribution in [0, 0.1) is 13.8 Å². The predicted octanol–water partition coefficient (Wildman–Crippen LogP) is 3.43. The van der Waals surface area contributed by atoms with Gasteiger partial charge in [0.1, 0.15) is 0 Å². The summed E-state index contributed by atoms with van der Waals surface area (Å²) >= 11 is 5.88. The van der Waals surface area contributed by atoms with Gasteiger partial charge in [-0.1, -0.05) is 35.9 Å². The minimum atomic E-state index is -0.496. The van der Waals surface area contributed by atoms with Crippen molar-refractivity contribution < 1.29 is 14.3 Å². The second-order valence-corrected chi connectivity index (χ2v) is 5.67. The van der Waals surface area contributed by atoms with Crippen molar-refractivity contribution >= 4 is 23.5 Å². The van der Waals surface area contributed by atoms with E-state index in [0.29, 0.717) is 17.1 Å². The van der Waals surface area contributed by atoms with Crippen LogP contribution in [0.1, 0.15) is 27.0 Å². The number of rotatable bonds is 5. The summed E-state index contributed by atoms with van der Waals surface area (Å²) in [6.07, 6.45) is 0. The second-order valence-electron chi connectivity index (χ2n) is 5.23. The van der Waals surface area contributed by atoms with Gasteiger partial charge in [-0.25, -0.2) is 4.79 Å². The zero-order valence-corrected chi connectivity index (χ0v) is 13.8. The van der Waals surface area contributed by atoms with E-state index in [1.54, 1.807) is 24.3 Å². The summed E-state index contributed by atoms with van der Waals surface area (Å²) in [4.78, 5) is 23.8. The number of hydrogen-bond acceptors (Lipinski definition) is 3. The first-order valence-electron chi connectivity index (χ1n) is 7.22. The Bertz CT molecular complexity index is 728. The maximum Gasteiger partial charge on any atom is 0.338 e. The smallest absolute Gasteiger partial charge is 0.338 e. The lowest BCUT2D eigenvalue weighted by atomic mass is 10.0. The monoisotopic (exact) mass is 331 g/mol. The van der Waals surface area contributed by atoms with Crippen molar-refractivity contribution in [3.8, 4) is 0 Å². The first kappa shape index (κ1) is 17.0. The van der Waals surface area contributed by atoms with E-state index in [1.807, 2.05) is 32.0 Å². The average molecular weight is 332 g/mol. The van der Waals surface area contributed by atoms with Gasteiger partial charge in [-0.3, -0.25) is 4.79 Å². The zero-order chi connectivity index (χ0) is 16.8. The van der Waals surface area contributed by atoms with Gasteiger partial charge >= 0.3 is 5.97 Å². The lowest BCUT2D eigenvalue weighted by Gasteiger charge is -2.09. The number of nitrogens with one attached hydrogen (secondary N) is 1. The van der Waals surface area contributed by atoms with E-state index in [2.05, 4.69) is 5.32 Å². The number of carbonyl (C=O) groups is 2.